The summed E-state index contributed by atoms with van der Waals surface area (Å²) >= 11 is 0. The first-order valence-corrected chi connectivity index (χ1v) is 12.2. The molecule has 0 aromatic heterocycles. The Labute approximate surface area is 205 Å². The lowest BCUT2D eigenvalue weighted by Crippen LogP contribution is -2.66. The third-order valence-corrected chi connectivity index (χ3v) is 9.32. The van der Waals surface area contributed by atoms with E-state index in [1.54, 1.807) is 39.8 Å². The predicted octanol–water partition coefficient (Wildman–Crippen LogP) is 2.02. The molecule has 2 bridgehead atoms. The van der Waals surface area contributed by atoms with Crippen molar-refractivity contribution in [1.82, 2.24) is 0 Å². The minimum atomic E-state index is -2.25. The van der Waals surface area contributed by atoms with Crippen LogP contribution in [0.25, 0.3) is 0 Å². The molecule has 0 heterocycles. The fourth-order valence-corrected chi connectivity index (χ4v) is 7.47. The van der Waals surface area contributed by atoms with Gasteiger partial charge >= 0.3 is 11.9 Å². The summed E-state index contributed by atoms with van der Waals surface area (Å²) < 4.78 is 11.6. The van der Waals surface area contributed by atoms with Gasteiger partial charge in [-0.1, -0.05) is 39.0 Å². The SMILES string of the molecule is C/C=C(/C)C(=O)O[C@H]1C(C)=CC23C(=O)[C@@H](C=C(CO)[C@@H](O)[C@]12O)[C@@H]1C(C)(C)[C@]1(OC(C)=O)CC3C. The molecule has 8 nitrogen and oxygen atoms in total. The Morgan fingerprint density at radius 2 is 1.89 bits per heavy atom. The highest BCUT2D eigenvalue weighted by Gasteiger charge is 2.83. The maximum absolute atomic E-state index is 14.5. The average molecular weight is 489 g/mol. The van der Waals surface area contributed by atoms with Crippen LogP contribution in [0.3, 0.4) is 0 Å². The number of aliphatic hydroxyl groups excluding tert-OH is 2. The number of hydrogen-bond acceptors (Lipinski definition) is 8. The summed E-state index contributed by atoms with van der Waals surface area (Å²) in [4.78, 5) is 39.3. The van der Waals surface area contributed by atoms with Crippen molar-refractivity contribution in [3.8, 4) is 0 Å². The number of esters is 2. The first-order valence-electron chi connectivity index (χ1n) is 12.2. The van der Waals surface area contributed by atoms with Crippen molar-refractivity contribution < 1.29 is 39.2 Å². The Bertz CT molecular complexity index is 1080. The van der Waals surface area contributed by atoms with Gasteiger partial charge in [0.25, 0.3) is 0 Å². The number of rotatable bonds is 4. The standard InChI is InChI=1S/C27H36O8/c1-8-13(2)23(32)34-22-14(3)10-25-15(4)11-26(35-16(5)29)19(24(26,6)7)18(21(25)31)9-17(12-28)20(30)27(22,25)33/h8-10,15,18-20,22,28,30,33H,11-12H2,1-7H3/b13-8-/t15?,18-,19+,20+,22-,25?,26-,27-/m0/s1. The van der Waals surface area contributed by atoms with E-state index in [-0.39, 0.29) is 17.8 Å². The Morgan fingerprint density at radius 3 is 2.43 bits per heavy atom. The van der Waals surface area contributed by atoms with Crippen LogP contribution in [0.2, 0.25) is 0 Å². The van der Waals surface area contributed by atoms with Gasteiger partial charge in [-0.3, -0.25) is 9.59 Å². The molecule has 35 heavy (non-hydrogen) atoms. The second-order valence-corrected chi connectivity index (χ2v) is 11.3. The van der Waals surface area contributed by atoms with Gasteiger partial charge in [-0.25, -0.2) is 4.79 Å². The zero-order valence-corrected chi connectivity index (χ0v) is 21.4. The molecular formula is C27H36O8. The van der Waals surface area contributed by atoms with Crippen LogP contribution < -0.4 is 0 Å². The summed E-state index contributed by atoms with van der Waals surface area (Å²) in [6.45, 7) is 11.3. The molecule has 8 atom stereocenters. The number of allylic oxidation sites excluding steroid dienone is 2. The topological polar surface area (TPSA) is 130 Å². The van der Waals surface area contributed by atoms with Crippen molar-refractivity contribution in [3.63, 3.8) is 0 Å². The normalized spacial score (nSPS) is 43.7. The highest BCUT2D eigenvalue weighted by Crippen LogP contribution is 2.75. The molecule has 2 unspecified atom stereocenters. The van der Waals surface area contributed by atoms with Gasteiger partial charge in [0.1, 0.15) is 11.7 Å². The van der Waals surface area contributed by atoms with Crippen LogP contribution in [0.5, 0.6) is 0 Å². The number of hydrogen-bond donors (Lipinski definition) is 3. The van der Waals surface area contributed by atoms with Crippen molar-refractivity contribution >= 4 is 17.7 Å². The summed E-state index contributed by atoms with van der Waals surface area (Å²) in [6, 6.07) is 0. The highest BCUT2D eigenvalue weighted by molar-refractivity contribution is 5.96. The van der Waals surface area contributed by atoms with Crippen molar-refractivity contribution in [2.45, 2.75) is 78.3 Å². The number of Topliss-reactive ketones (excluding diaryl/α,β-unsaturated/α-hetero) is 1. The predicted molar refractivity (Wildman–Crippen MR) is 126 cm³/mol. The zero-order chi connectivity index (χ0) is 26.3. The van der Waals surface area contributed by atoms with E-state index >= 15 is 0 Å². The lowest BCUT2D eigenvalue weighted by Gasteiger charge is -2.49. The fraction of sp³-hybridized carbons (Fsp3) is 0.667. The van der Waals surface area contributed by atoms with E-state index in [9.17, 15) is 29.7 Å². The van der Waals surface area contributed by atoms with E-state index in [0.29, 0.717) is 11.1 Å². The molecule has 192 valence electrons. The molecule has 4 aliphatic rings. The molecule has 4 aliphatic carbocycles. The summed E-state index contributed by atoms with van der Waals surface area (Å²) in [5.74, 6) is -3.27. The molecule has 0 aromatic rings. The molecule has 8 heteroatoms. The molecule has 4 rings (SSSR count). The van der Waals surface area contributed by atoms with Gasteiger partial charge in [-0.05, 0) is 44.3 Å². The van der Waals surface area contributed by atoms with Gasteiger partial charge in [0, 0.05) is 29.7 Å². The summed E-state index contributed by atoms with van der Waals surface area (Å²) in [6.07, 6.45) is 2.04. The molecule has 2 saturated carbocycles. The maximum atomic E-state index is 14.5. The number of fused-ring (bicyclic) bond motifs is 3. The minimum Gasteiger partial charge on any atom is -0.458 e. The monoisotopic (exact) mass is 488 g/mol. The van der Waals surface area contributed by atoms with Crippen LogP contribution in [-0.2, 0) is 23.9 Å². The summed E-state index contributed by atoms with van der Waals surface area (Å²) in [5.41, 5.74) is -4.52. The van der Waals surface area contributed by atoms with Crippen LogP contribution in [0.15, 0.2) is 34.9 Å². The van der Waals surface area contributed by atoms with Crippen molar-refractivity contribution in [3.05, 3.63) is 34.9 Å². The second-order valence-electron chi connectivity index (χ2n) is 11.3. The number of ketones is 1. The third kappa shape index (κ3) is 2.99. The lowest BCUT2D eigenvalue weighted by atomic mass is 9.59. The van der Waals surface area contributed by atoms with Gasteiger partial charge in [-0.15, -0.1) is 0 Å². The largest absolute Gasteiger partial charge is 0.458 e. The molecule has 0 radical (unpaired) electrons. The Morgan fingerprint density at radius 1 is 1.26 bits per heavy atom. The Balaban J connectivity index is 1.95. The van der Waals surface area contributed by atoms with E-state index in [1.807, 2.05) is 13.8 Å². The third-order valence-electron chi connectivity index (χ3n) is 9.32. The van der Waals surface area contributed by atoms with Gasteiger partial charge in [0.15, 0.2) is 17.5 Å². The molecular weight excluding hydrogens is 452 g/mol. The molecule has 0 aromatic carbocycles. The van der Waals surface area contributed by atoms with Gasteiger partial charge in [0.2, 0.25) is 0 Å². The number of carbonyl (C=O) groups is 3. The van der Waals surface area contributed by atoms with Gasteiger partial charge < -0.3 is 24.8 Å². The molecule has 0 aliphatic heterocycles. The van der Waals surface area contributed by atoms with E-state index in [0.717, 1.165) is 0 Å². The van der Waals surface area contributed by atoms with Crippen LogP contribution in [-0.4, -0.2) is 63.1 Å². The highest BCUT2D eigenvalue weighted by atomic mass is 16.6. The van der Waals surface area contributed by atoms with E-state index in [1.165, 1.54) is 13.0 Å². The maximum Gasteiger partial charge on any atom is 0.334 e. The molecule has 1 spiro atoms. The number of aliphatic hydroxyl groups is 3. The van der Waals surface area contributed by atoms with Gasteiger partial charge in [-0.2, -0.15) is 0 Å². The minimum absolute atomic E-state index is 0.0770. The van der Waals surface area contributed by atoms with Crippen LogP contribution in [0.4, 0.5) is 0 Å². The van der Waals surface area contributed by atoms with Crippen LogP contribution >= 0.6 is 0 Å². The molecule has 3 N–H and O–H groups in total. The Kier molecular flexibility index (Phi) is 5.79. The van der Waals surface area contributed by atoms with Crippen molar-refractivity contribution in [1.29, 1.82) is 0 Å². The molecule has 0 amide bonds. The average Bonchev–Trinajstić information content (AvgIpc) is 3.17. The molecule has 0 saturated heterocycles. The van der Waals surface area contributed by atoms with E-state index in [2.05, 4.69) is 0 Å². The quantitative estimate of drug-likeness (QED) is 0.311. The number of ether oxygens (including phenoxy) is 2. The number of carbonyl (C=O) groups excluding carboxylic acids is 3. The van der Waals surface area contributed by atoms with E-state index < -0.39 is 70.5 Å². The van der Waals surface area contributed by atoms with Gasteiger partial charge in [0.05, 0.1) is 12.0 Å². The van der Waals surface area contributed by atoms with Crippen LogP contribution in [0, 0.1) is 28.6 Å². The Hall–Kier alpha value is -2.29. The van der Waals surface area contributed by atoms with Crippen molar-refractivity contribution in [2.75, 3.05) is 6.61 Å². The van der Waals surface area contributed by atoms with Crippen LogP contribution in [0.1, 0.15) is 54.9 Å². The molecule has 2 fully saturated rings. The summed E-state index contributed by atoms with van der Waals surface area (Å²) in [7, 11) is 0. The zero-order valence-electron chi connectivity index (χ0n) is 21.4. The summed E-state index contributed by atoms with van der Waals surface area (Å²) in [5, 5.41) is 34.1. The second kappa shape index (κ2) is 7.85. The smallest absolute Gasteiger partial charge is 0.334 e. The lowest BCUT2D eigenvalue weighted by molar-refractivity contribution is -0.202. The van der Waals surface area contributed by atoms with Crippen molar-refractivity contribution in [2.24, 2.45) is 28.6 Å². The van der Waals surface area contributed by atoms with E-state index in [4.69, 9.17) is 9.47 Å². The first kappa shape index (κ1) is 25.8. The fourth-order valence-electron chi connectivity index (χ4n) is 7.47. The first-order chi connectivity index (χ1) is 16.2.